The zero-order valence-corrected chi connectivity index (χ0v) is 11.4. The van der Waals surface area contributed by atoms with E-state index in [0.717, 1.165) is 12.8 Å². The molecule has 0 aromatic rings. The third-order valence-electron chi connectivity index (χ3n) is 4.17. The van der Waals surface area contributed by atoms with Gasteiger partial charge in [0.1, 0.15) is 0 Å². The number of rotatable bonds is 4. The second-order valence-electron chi connectivity index (χ2n) is 5.14. The number of nitrogens with zero attached hydrogens (tertiary/aromatic N) is 2. The van der Waals surface area contributed by atoms with Crippen LogP contribution in [-0.4, -0.2) is 54.3 Å². The highest BCUT2D eigenvalue weighted by Crippen LogP contribution is 2.36. The molecule has 0 aromatic heterocycles. The lowest BCUT2D eigenvalue weighted by Gasteiger charge is -2.26. The smallest absolute Gasteiger partial charge is 0.311 e. The van der Waals surface area contributed by atoms with Gasteiger partial charge in [-0.15, -0.1) is 0 Å². The van der Waals surface area contributed by atoms with Crippen LogP contribution in [0.15, 0.2) is 0 Å². The molecule has 2 saturated heterocycles. The van der Waals surface area contributed by atoms with Gasteiger partial charge in [0.2, 0.25) is 0 Å². The van der Waals surface area contributed by atoms with Gasteiger partial charge < -0.3 is 5.11 Å². The van der Waals surface area contributed by atoms with Crippen molar-refractivity contribution in [2.24, 2.45) is 5.41 Å². The summed E-state index contributed by atoms with van der Waals surface area (Å²) in [5, 5.41) is 9.28. The van der Waals surface area contributed by atoms with Crippen LogP contribution in [0.3, 0.4) is 0 Å². The molecule has 2 fully saturated rings. The molecule has 2 rings (SSSR count). The van der Waals surface area contributed by atoms with Crippen LogP contribution < -0.4 is 0 Å². The Labute approximate surface area is 108 Å². The van der Waals surface area contributed by atoms with E-state index < -0.39 is 21.6 Å². The first-order chi connectivity index (χ1) is 8.42. The van der Waals surface area contributed by atoms with E-state index in [9.17, 15) is 18.3 Å². The summed E-state index contributed by atoms with van der Waals surface area (Å²) in [6.45, 7) is 3.35. The molecule has 0 amide bonds. The zero-order chi connectivity index (χ0) is 13.4. The minimum atomic E-state index is -3.45. The summed E-state index contributed by atoms with van der Waals surface area (Å²) in [5.74, 6) is -0.885. The Balaban J connectivity index is 2.15. The number of aliphatic carboxylic acids is 1. The summed E-state index contributed by atoms with van der Waals surface area (Å²) in [5.41, 5.74) is -0.896. The van der Waals surface area contributed by atoms with Crippen molar-refractivity contribution in [3.63, 3.8) is 0 Å². The highest BCUT2D eigenvalue weighted by atomic mass is 32.2. The standard InChI is InChI=1S/C11H20N2O4S/c1-2-11(10(14)15)5-8-13(9-11)18(16,17)12-6-3-4-7-12/h2-9H2,1H3,(H,14,15). The molecule has 7 heteroatoms. The van der Waals surface area contributed by atoms with Crippen molar-refractivity contribution in [2.75, 3.05) is 26.2 Å². The predicted molar refractivity (Wildman–Crippen MR) is 66.3 cm³/mol. The van der Waals surface area contributed by atoms with Crippen LogP contribution in [0.4, 0.5) is 0 Å². The Hall–Kier alpha value is -0.660. The molecule has 0 bridgehead atoms. The van der Waals surface area contributed by atoms with Crippen molar-refractivity contribution in [2.45, 2.75) is 32.6 Å². The molecule has 1 atom stereocenters. The van der Waals surface area contributed by atoms with E-state index in [1.165, 1.54) is 8.61 Å². The van der Waals surface area contributed by atoms with Gasteiger partial charge in [0.25, 0.3) is 10.2 Å². The summed E-state index contributed by atoms with van der Waals surface area (Å²) in [6.07, 6.45) is 2.66. The normalized spacial score (nSPS) is 30.9. The molecule has 2 aliphatic rings. The minimum absolute atomic E-state index is 0.109. The summed E-state index contributed by atoms with van der Waals surface area (Å²) >= 11 is 0. The average molecular weight is 276 g/mol. The fourth-order valence-corrected chi connectivity index (χ4v) is 4.51. The first kappa shape index (κ1) is 13.8. The monoisotopic (exact) mass is 276 g/mol. The molecule has 0 aromatic carbocycles. The fourth-order valence-electron chi connectivity index (χ4n) is 2.73. The van der Waals surface area contributed by atoms with Crippen molar-refractivity contribution in [3.05, 3.63) is 0 Å². The molecule has 0 aliphatic carbocycles. The summed E-state index contributed by atoms with van der Waals surface area (Å²) in [4.78, 5) is 11.3. The van der Waals surface area contributed by atoms with Crippen LogP contribution in [0, 0.1) is 5.41 Å². The van der Waals surface area contributed by atoms with E-state index in [2.05, 4.69) is 0 Å². The zero-order valence-electron chi connectivity index (χ0n) is 10.6. The molecule has 2 heterocycles. The van der Waals surface area contributed by atoms with Crippen molar-refractivity contribution < 1.29 is 18.3 Å². The lowest BCUT2D eigenvalue weighted by molar-refractivity contribution is -0.148. The van der Waals surface area contributed by atoms with Gasteiger partial charge in [0.15, 0.2) is 0 Å². The second kappa shape index (κ2) is 4.79. The molecule has 0 spiro atoms. The van der Waals surface area contributed by atoms with Gasteiger partial charge in [-0.3, -0.25) is 4.79 Å². The summed E-state index contributed by atoms with van der Waals surface area (Å²) in [6, 6.07) is 0. The molecule has 1 N–H and O–H groups in total. The van der Waals surface area contributed by atoms with Crippen LogP contribution in [0.5, 0.6) is 0 Å². The van der Waals surface area contributed by atoms with Crippen LogP contribution in [0.1, 0.15) is 32.6 Å². The van der Waals surface area contributed by atoms with Crippen molar-refractivity contribution in [3.8, 4) is 0 Å². The average Bonchev–Trinajstić information content (AvgIpc) is 2.99. The van der Waals surface area contributed by atoms with Gasteiger partial charge in [0.05, 0.1) is 5.41 Å². The topological polar surface area (TPSA) is 77.9 Å². The maximum Gasteiger partial charge on any atom is 0.311 e. The Morgan fingerprint density at radius 3 is 2.28 bits per heavy atom. The molecule has 6 nitrogen and oxygen atoms in total. The quantitative estimate of drug-likeness (QED) is 0.811. The van der Waals surface area contributed by atoms with Crippen molar-refractivity contribution >= 4 is 16.2 Å². The number of hydrogen-bond donors (Lipinski definition) is 1. The Kier molecular flexibility index (Phi) is 3.66. The van der Waals surface area contributed by atoms with Crippen LogP contribution >= 0.6 is 0 Å². The Bertz CT molecular complexity index is 430. The Morgan fingerprint density at radius 1 is 1.22 bits per heavy atom. The van der Waals surface area contributed by atoms with E-state index >= 15 is 0 Å². The number of carbonyl (C=O) groups is 1. The maximum atomic E-state index is 12.3. The van der Waals surface area contributed by atoms with Crippen LogP contribution in [0.2, 0.25) is 0 Å². The lowest BCUT2D eigenvalue weighted by atomic mass is 9.85. The summed E-state index contributed by atoms with van der Waals surface area (Å²) in [7, 11) is -3.45. The molecule has 1 unspecified atom stereocenters. The minimum Gasteiger partial charge on any atom is -0.481 e. The van der Waals surface area contributed by atoms with Crippen LogP contribution in [0.25, 0.3) is 0 Å². The molecule has 18 heavy (non-hydrogen) atoms. The largest absolute Gasteiger partial charge is 0.481 e. The van der Waals surface area contributed by atoms with Crippen molar-refractivity contribution in [1.29, 1.82) is 0 Å². The van der Waals surface area contributed by atoms with E-state index in [1.807, 2.05) is 0 Å². The molecule has 2 aliphatic heterocycles. The molecule has 104 valence electrons. The fraction of sp³-hybridized carbons (Fsp3) is 0.909. The highest BCUT2D eigenvalue weighted by Gasteiger charge is 2.48. The number of hydrogen-bond acceptors (Lipinski definition) is 3. The lowest BCUT2D eigenvalue weighted by Crippen LogP contribution is -2.43. The van der Waals surface area contributed by atoms with Gasteiger partial charge in [-0.2, -0.15) is 17.0 Å². The number of carboxylic acids is 1. The van der Waals surface area contributed by atoms with E-state index in [1.54, 1.807) is 6.92 Å². The van der Waals surface area contributed by atoms with Gasteiger partial charge in [0, 0.05) is 26.2 Å². The molecular formula is C11H20N2O4S. The predicted octanol–water partition coefficient (Wildman–Crippen LogP) is 0.514. The Morgan fingerprint density at radius 2 is 1.83 bits per heavy atom. The highest BCUT2D eigenvalue weighted by molar-refractivity contribution is 7.86. The van der Waals surface area contributed by atoms with Gasteiger partial charge in [-0.05, 0) is 25.7 Å². The SMILES string of the molecule is CCC1(C(=O)O)CCN(S(=O)(=O)N2CCCC2)C1. The first-order valence-electron chi connectivity index (χ1n) is 6.41. The van der Waals surface area contributed by atoms with E-state index in [-0.39, 0.29) is 6.54 Å². The summed E-state index contributed by atoms with van der Waals surface area (Å²) < 4.78 is 27.5. The molecule has 0 radical (unpaired) electrons. The third kappa shape index (κ3) is 2.15. The van der Waals surface area contributed by atoms with E-state index in [0.29, 0.717) is 32.5 Å². The third-order valence-corrected chi connectivity index (χ3v) is 6.15. The van der Waals surface area contributed by atoms with E-state index in [4.69, 9.17) is 0 Å². The maximum absolute atomic E-state index is 12.3. The second-order valence-corrected chi connectivity index (χ2v) is 7.06. The van der Waals surface area contributed by atoms with Gasteiger partial charge in [-0.1, -0.05) is 6.92 Å². The van der Waals surface area contributed by atoms with Gasteiger partial charge >= 0.3 is 5.97 Å². The molecule has 0 saturated carbocycles. The molecular weight excluding hydrogens is 256 g/mol. The van der Waals surface area contributed by atoms with Crippen LogP contribution in [-0.2, 0) is 15.0 Å². The van der Waals surface area contributed by atoms with Gasteiger partial charge in [-0.25, -0.2) is 0 Å². The first-order valence-corrected chi connectivity index (χ1v) is 7.81. The number of carboxylic acid groups (broad SMARTS) is 1. The van der Waals surface area contributed by atoms with Crippen molar-refractivity contribution in [1.82, 2.24) is 8.61 Å².